The van der Waals surface area contributed by atoms with Gasteiger partial charge in [0, 0.05) is 24.0 Å². The molecule has 2 atom stereocenters. The molecule has 9 heteroatoms. The Bertz CT molecular complexity index is 977. The highest BCUT2D eigenvalue weighted by molar-refractivity contribution is 7.99. The fraction of sp³-hybridized carbons (Fsp3) is 0.545. The lowest BCUT2D eigenvalue weighted by molar-refractivity contribution is 0.204. The van der Waals surface area contributed by atoms with E-state index in [1.807, 2.05) is 13.0 Å². The van der Waals surface area contributed by atoms with Gasteiger partial charge in [-0.05, 0) is 50.7 Å². The van der Waals surface area contributed by atoms with Crippen LogP contribution in [0.5, 0.6) is 0 Å². The number of aromatic nitrogens is 2. The third kappa shape index (κ3) is 4.24. The van der Waals surface area contributed by atoms with Crippen LogP contribution in [0.25, 0.3) is 0 Å². The Morgan fingerprint density at radius 2 is 2.06 bits per heavy atom. The molecule has 1 aromatic carbocycles. The molecule has 5 N–H and O–H groups in total. The predicted octanol–water partition coefficient (Wildman–Crippen LogP) is 4.03. The minimum atomic E-state index is -0.155. The number of anilines is 2. The van der Waals surface area contributed by atoms with E-state index in [9.17, 15) is 5.11 Å². The summed E-state index contributed by atoms with van der Waals surface area (Å²) in [6.45, 7) is 9.95. The molecule has 2 aromatic rings. The summed E-state index contributed by atoms with van der Waals surface area (Å²) in [5.74, 6) is 0.774. The average Bonchev–Trinajstić information content (AvgIpc) is 3.13. The van der Waals surface area contributed by atoms with E-state index in [1.54, 1.807) is 0 Å². The summed E-state index contributed by atoms with van der Waals surface area (Å²) in [6, 6.07) is 4.46. The first-order valence-corrected chi connectivity index (χ1v) is 11.9. The third-order valence-corrected chi connectivity index (χ3v) is 8.40. The summed E-state index contributed by atoms with van der Waals surface area (Å²) in [4.78, 5) is 12.8. The predicted molar refractivity (Wildman–Crippen MR) is 127 cm³/mol. The monoisotopic (exact) mass is 462 g/mol. The lowest BCUT2D eigenvalue weighted by Crippen LogP contribution is -2.47. The second-order valence-electron chi connectivity index (χ2n) is 8.91. The molecule has 0 bridgehead atoms. The van der Waals surface area contributed by atoms with Crippen LogP contribution in [0.1, 0.15) is 56.6 Å². The Kier molecular flexibility index (Phi) is 6.38. The molecule has 0 radical (unpaired) electrons. The molecule has 31 heavy (non-hydrogen) atoms. The van der Waals surface area contributed by atoms with Gasteiger partial charge in [0.2, 0.25) is 0 Å². The van der Waals surface area contributed by atoms with Crippen LogP contribution in [0.4, 0.5) is 11.5 Å². The van der Waals surface area contributed by atoms with Gasteiger partial charge in [-0.3, -0.25) is 0 Å². The van der Waals surface area contributed by atoms with Crippen LogP contribution in [0.15, 0.2) is 22.1 Å². The molecule has 1 saturated heterocycles. The Hall–Kier alpha value is -1.58. The molecule has 2 aliphatic heterocycles. The Morgan fingerprint density at radius 1 is 1.35 bits per heavy atom. The zero-order valence-electron chi connectivity index (χ0n) is 18.5. The molecule has 7 nitrogen and oxygen atoms in total. The number of nitrogens with zero attached hydrogens (tertiary/aromatic N) is 3. The zero-order chi connectivity index (χ0) is 22.3. The highest BCUT2D eigenvalue weighted by Gasteiger charge is 2.34. The van der Waals surface area contributed by atoms with Gasteiger partial charge in [0.15, 0.2) is 5.82 Å². The van der Waals surface area contributed by atoms with Crippen LogP contribution in [0.3, 0.4) is 0 Å². The Morgan fingerprint density at radius 3 is 2.71 bits per heavy atom. The van der Waals surface area contributed by atoms with Gasteiger partial charge >= 0.3 is 0 Å². The van der Waals surface area contributed by atoms with E-state index < -0.39 is 0 Å². The normalized spacial score (nSPS) is 21.0. The van der Waals surface area contributed by atoms with Crippen molar-refractivity contribution < 1.29 is 5.11 Å². The van der Waals surface area contributed by atoms with Crippen molar-refractivity contribution in [3.05, 3.63) is 34.1 Å². The minimum Gasteiger partial charge on any atom is -0.390 e. The van der Waals surface area contributed by atoms with Gasteiger partial charge in [0.1, 0.15) is 10.7 Å². The van der Waals surface area contributed by atoms with Crippen LogP contribution in [0.2, 0.25) is 5.02 Å². The van der Waals surface area contributed by atoms with Gasteiger partial charge in [-0.2, -0.15) is 0 Å². The maximum atomic E-state index is 10.0. The highest BCUT2D eigenvalue weighted by Crippen LogP contribution is 2.43. The summed E-state index contributed by atoms with van der Waals surface area (Å²) in [5, 5.41) is 11.5. The van der Waals surface area contributed by atoms with E-state index in [0.29, 0.717) is 10.7 Å². The Balaban J connectivity index is 1.58. The smallest absolute Gasteiger partial charge is 0.153 e. The number of hydrazine groups is 1. The number of fused-ring (bicyclic) bond motifs is 1. The number of aliphatic hydroxyl groups is 1. The fourth-order valence-electron chi connectivity index (χ4n) is 4.17. The fourth-order valence-corrected chi connectivity index (χ4v) is 5.39. The summed E-state index contributed by atoms with van der Waals surface area (Å²) >= 11 is 8.14. The van der Waals surface area contributed by atoms with Crippen molar-refractivity contribution in [2.45, 2.75) is 69.1 Å². The summed E-state index contributed by atoms with van der Waals surface area (Å²) in [6.07, 6.45) is 1.99. The van der Waals surface area contributed by atoms with E-state index in [2.05, 4.69) is 42.6 Å². The first-order valence-electron chi connectivity index (χ1n) is 10.7. The van der Waals surface area contributed by atoms with Crippen molar-refractivity contribution in [3.8, 4) is 0 Å². The molecule has 1 aromatic heterocycles. The van der Waals surface area contributed by atoms with Crippen molar-refractivity contribution in [1.29, 1.82) is 0 Å². The van der Waals surface area contributed by atoms with Crippen LogP contribution in [-0.4, -0.2) is 34.2 Å². The van der Waals surface area contributed by atoms with E-state index in [1.165, 1.54) is 11.8 Å². The topological polar surface area (TPSA) is 99.3 Å². The molecule has 0 amide bonds. The molecule has 0 aliphatic carbocycles. The molecule has 3 heterocycles. The number of rotatable bonds is 5. The summed E-state index contributed by atoms with van der Waals surface area (Å²) < 4.78 is 0. The number of nitrogens with one attached hydrogen (secondary N) is 2. The van der Waals surface area contributed by atoms with Crippen molar-refractivity contribution in [3.63, 3.8) is 0 Å². The standard InChI is InChI=1S/C22H31ClN6OS/c1-12-15-5-6-17(18(23)19(15)28-27-12)31-21-13(2)25-20(16(11-30)26-21)29-9-7-22(4,8-10-29)14(3)24/h5-6,12,14,27-28,30H,7-11,24H2,1-4H3. The van der Waals surface area contributed by atoms with E-state index in [4.69, 9.17) is 27.3 Å². The first-order chi connectivity index (χ1) is 14.7. The molecule has 0 spiro atoms. The first kappa shape index (κ1) is 22.6. The zero-order valence-corrected chi connectivity index (χ0v) is 20.1. The molecule has 1 fully saturated rings. The van der Waals surface area contributed by atoms with Crippen LogP contribution >= 0.6 is 23.4 Å². The molecule has 2 aliphatic rings. The molecule has 0 saturated carbocycles. The van der Waals surface area contributed by atoms with Crippen molar-refractivity contribution in [2.24, 2.45) is 11.1 Å². The van der Waals surface area contributed by atoms with Gasteiger partial charge in [-0.25, -0.2) is 15.4 Å². The minimum absolute atomic E-state index is 0.138. The summed E-state index contributed by atoms with van der Waals surface area (Å²) in [5.41, 5.74) is 16.2. The largest absolute Gasteiger partial charge is 0.390 e. The quantitative estimate of drug-likeness (QED) is 0.528. The van der Waals surface area contributed by atoms with Crippen molar-refractivity contribution in [1.82, 2.24) is 15.4 Å². The number of nitrogens with two attached hydrogens (primary N) is 1. The second kappa shape index (κ2) is 8.75. The second-order valence-corrected chi connectivity index (χ2v) is 10.3. The van der Waals surface area contributed by atoms with Gasteiger partial charge in [-0.1, -0.05) is 36.4 Å². The molecule has 4 rings (SSSR count). The molecule has 2 unspecified atom stereocenters. The van der Waals surface area contributed by atoms with Gasteiger partial charge in [0.05, 0.1) is 29.1 Å². The van der Waals surface area contributed by atoms with Gasteiger partial charge in [-0.15, -0.1) is 0 Å². The van der Waals surface area contributed by atoms with Gasteiger partial charge < -0.3 is 21.2 Å². The lowest BCUT2D eigenvalue weighted by atomic mass is 9.75. The number of aryl methyl sites for hydroxylation is 1. The van der Waals surface area contributed by atoms with Crippen molar-refractivity contribution >= 4 is 34.9 Å². The average molecular weight is 463 g/mol. The number of benzene rings is 1. The number of hydrogen-bond acceptors (Lipinski definition) is 8. The Labute approximate surface area is 193 Å². The molecular formula is C22H31ClN6OS. The third-order valence-electron chi connectivity index (χ3n) is 6.76. The number of piperidine rings is 1. The number of hydrogen-bond donors (Lipinski definition) is 4. The van der Waals surface area contributed by atoms with E-state index in [0.717, 1.165) is 58.6 Å². The maximum Gasteiger partial charge on any atom is 0.153 e. The van der Waals surface area contributed by atoms with Crippen molar-refractivity contribution in [2.75, 3.05) is 23.4 Å². The lowest BCUT2D eigenvalue weighted by Gasteiger charge is -2.42. The molecular weight excluding hydrogens is 432 g/mol. The number of aliphatic hydroxyl groups excluding tert-OH is 1. The van der Waals surface area contributed by atoms with Crippen LogP contribution in [0, 0.1) is 12.3 Å². The van der Waals surface area contributed by atoms with E-state index >= 15 is 0 Å². The van der Waals surface area contributed by atoms with E-state index in [-0.39, 0.29) is 24.1 Å². The molecule has 168 valence electrons. The summed E-state index contributed by atoms with van der Waals surface area (Å²) in [7, 11) is 0. The maximum absolute atomic E-state index is 10.0. The SMILES string of the molecule is Cc1nc(N2CCC(C)(C(C)N)CC2)c(CO)nc1Sc1ccc2c(c1Cl)NNC2C. The van der Waals surface area contributed by atoms with Crippen LogP contribution in [-0.2, 0) is 6.61 Å². The van der Waals surface area contributed by atoms with Gasteiger partial charge in [0.25, 0.3) is 0 Å². The van der Waals surface area contributed by atoms with Crippen LogP contribution < -0.4 is 21.5 Å². The highest BCUT2D eigenvalue weighted by atomic mass is 35.5. The number of halogens is 1.